The molecule has 186 valence electrons. The van der Waals surface area contributed by atoms with Crippen molar-refractivity contribution < 1.29 is 8.50 Å². The van der Waals surface area contributed by atoms with Crippen molar-refractivity contribution >= 4 is 33.9 Å². The summed E-state index contributed by atoms with van der Waals surface area (Å²) < 4.78 is 40.4. The molecule has 0 saturated heterocycles. The number of anilines is 2. The SMILES string of the molecule is [2H]C([2H])(Nc1c(C#N)cnc2c(Cl)cc(N[C@@]([2H])(C3=CN(C4CC4)NN3)c3ccc(F)nc3)cc12)C(C)(C)C. The predicted octanol–water partition coefficient (Wildman–Crippen LogP) is 5.23. The van der Waals surface area contributed by atoms with Crippen molar-refractivity contribution in [2.45, 2.75) is 45.7 Å². The zero-order valence-corrected chi connectivity index (χ0v) is 20.8. The number of benzene rings is 1. The predicted molar refractivity (Wildman–Crippen MR) is 139 cm³/mol. The van der Waals surface area contributed by atoms with Gasteiger partial charge in [-0.1, -0.05) is 38.4 Å². The van der Waals surface area contributed by atoms with E-state index in [1.165, 1.54) is 24.5 Å². The van der Waals surface area contributed by atoms with Crippen LogP contribution in [0.4, 0.5) is 15.8 Å². The molecule has 1 aliphatic heterocycles. The molecule has 3 heterocycles. The maximum absolute atomic E-state index is 13.7. The van der Waals surface area contributed by atoms with E-state index in [1.807, 2.05) is 5.01 Å². The van der Waals surface area contributed by atoms with Crippen molar-refractivity contribution in [2.24, 2.45) is 5.41 Å². The fourth-order valence-electron chi connectivity index (χ4n) is 3.77. The van der Waals surface area contributed by atoms with Gasteiger partial charge in [-0.15, -0.1) is 5.53 Å². The average Bonchev–Trinajstić information content (AvgIpc) is 3.59. The second-order valence-electron chi connectivity index (χ2n) is 9.80. The van der Waals surface area contributed by atoms with E-state index in [4.69, 9.17) is 14.3 Å². The molecule has 8 nitrogen and oxygen atoms in total. The van der Waals surface area contributed by atoms with Crippen LogP contribution >= 0.6 is 11.6 Å². The van der Waals surface area contributed by atoms with Gasteiger partial charge in [-0.2, -0.15) is 9.65 Å². The Hall–Kier alpha value is -3.61. The fraction of sp³-hybridized carbons (Fsp3) is 0.346. The third-order valence-corrected chi connectivity index (χ3v) is 5.98. The molecule has 10 heteroatoms. The molecule has 1 fully saturated rings. The molecule has 1 saturated carbocycles. The maximum Gasteiger partial charge on any atom is 0.212 e. The van der Waals surface area contributed by atoms with Crippen LogP contribution in [0.5, 0.6) is 0 Å². The summed E-state index contributed by atoms with van der Waals surface area (Å²) in [7, 11) is 0. The van der Waals surface area contributed by atoms with Gasteiger partial charge in [0.15, 0.2) is 0 Å². The standard InChI is InChI=1S/C26H28ClFN8/c1-26(2,3)14-32-23-16(10-29)12-31-25-19(23)8-17(9-20(25)27)33-24(15-4-7-22(28)30-11-15)21-13-36(35-34-21)18-5-6-18/h4,7-9,11-13,18,24,33-35H,5-6,14H2,1-3H3,(H,31,32)/t24-/m1/s1/i14D2,24D. The number of hydrogen-bond donors (Lipinski definition) is 4. The van der Waals surface area contributed by atoms with E-state index in [2.05, 4.69) is 37.6 Å². The number of hydrogen-bond acceptors (Lipinski definition) is 8. The normalized spacial score (nSPS) is 18.8. The topological polar surface area (TPSA) is 101 Å². The van der Waals surface area contributed by atoms with Crippen molar-refractivity contribution in [2.75, 3.05) is 17.1 Å². The minimum absolute atomic E-state index is 0.146. The van der Waals surface area contributed by atoms with Crippen LogP contribution < -0.4 is 21.6 Å². The first-order valence-electron chi connectivity index (χ1n) is 13.1. The molecule has 1 aromatic carbocycles. The molecule has 2 aromatic heterocycles. The van der Waals surface area contributed by atoms with Gasteiger partial charge in [-0.3, -0.25) is 9.99 Å². The Morgan fingerprint density at radius 3 is 2.81 bits per heavy atom. The van der Waals surface area contributed by atoms with E-state index >= 15 is 0 Å². The largest absolute Gasteiger partial charge is 0.383 e. The lowest BCUT2D eigenvalue weighted by molar-refractivity contribution is 0.260. The van der Waals surface area contributed by atoms with E-state index in [0.29, 0.717) is 33.9 Å². The summed E-state index contributed by atoms with van der Waals surface area (Å²) in [5, 5.41) is 18.4. The summed E-state index contributed by atoms with van der Waals surface area (Å²) >= 11 is 6.64. The quantitative estimate of drug-likeness (QED) is 0.321. The van der Waals surface area contributed by atoms with Gasteiger partial charge in [-0.05, 0) is 42.0 Å². The van der Waals surface area contributed by atoms with Gasteiger partial charge < -0.3 is 16.1 Å². The molecule has 5 rings (SSSR count). The molecule has 0 unspecified atom stereocenters. The number of fused-ring (bicyclic) bond motifs is 1. The highest BCUT2D eigenvalue weighted by Gasteiger charge is 2.32. The molecule has 3 aromatic rings. The Morgan fingerprint density at radius 2 is 2.14 bits per heavy atom. The van der Waals surface area contributed by atoms with Crippen LogP contribution in [0.2, 0.25) is 5.02 Å². The summed E-state index contributed by atoms with van der Waals surface area (Å²) in [5.41, 5.74) is 7.27. The van der Waals surface area contributed by atoms with Crippen LogP contribution in [0, 0.1) is 22.7 Å². The number of nitrogens with zero attached hydrogens (tertiary/aromatic N) is 4. The van der Waals surface area contributed by atoms with Crippen molar-refractivity contribution in [1.82, 2.24) is 25.9 Å². The van der Waals surface area contributed by atoms with Gasteiger partial charge in [-0.25, -0.2) is 4.98 Å². The number of hydrazine groups is 2. The highest BCUT2D eigenvalue weighted by molar-refractivity contribution is 6.35. The van der Waals surface area contributed by atoms with Gasteiger partial charge >= 0.3 is 0 Å². The van der Waals surface area contributed by atoms with Crippen LogP contribution in [0.25, 0.3) is 10.9 Å². The molecule has 0 bridgehead atoms. The third-order valence-electron chi connectivity index (χ3n) is 5.69. The summed E-state index contributed by atoms with van der Waals surface area (Å²) in [5.74, 6) is -0.667. The van der Waals surface area contributed by atoms with Gasteiger partial charge in [0.1, 0.15) is 6.07 Å². The van der Waals surface area contributed by atoms with E-state index in [-0.39, 0.29) is 16.3 Å². The first-order chi connectivity index (χ1) is 18.3. The first-order valence-corrected chi connectivity index (χ1v) is 11.9. The molecule has 1 atom stereocenters. The molecular formula is C26H28ClFN8. The second kappa shape index (κ2) is 9.45. The van der Waals surface area contributed by atoms with E-state index < -0.39 is 23.9 Å². The zero-order valence-electron chi connectivity index (χ0n) is 23.1. The third kappa shape index (κ3) is 5.15. The van der Waals surface area contributed by atoms with E-state index in [1.54, 1.807) is 39.1 Å². The second-order valence-corrected chi connectivity index (χ2v) is 10.2. The van der Waals surface area contributed by atoms with Crippen molar-refractivity contribution in [3.05, 3.63) is 70.7 Å². The summed E-state index contributed by atoms with van der Waals surface area (Å²) in [4.78, 5) is 8.09. The molecule has 2 aliphatic rings. The average molecular weight is 510 g/mol. The maximum atomic E-state index is 13.7. The lowest BCUT2D eigenvalue weighted by atomic mass is 9.96. The van der Waals surface area contributed by atoms with E-state index in [0.717, 1.165) is 12.8 Å². The summed E-state index contributed by atoms with van der Waals surface area (Å²) in [6.45, 7) is 3.36. The molecule has 36 heavy (non-hydrogen) atoms. The van der Waals surface area contributed by atoms with Gasteiger partial charge in [0.05, 0.1) is 34.9 Å². The Morgan fingerprint density at radius 1 is 1.33 bits per heavy atom. The van der Waals surface area contributed by atoms with Gasteiger partial charge in [0.25, 0.3) is 0 Å². The molecule has 4 N–H and O–H groups in total. The van der Waals surface area contributed by atoms with Crippen molar-refractivity contribution in [1.29, 1.82) is 5.26 Å². The highest BCUT2D eigenvalue weighted by atomic mass is 35.5. The number of pyridine rings is 2. The molecule has 1 aliphatic carbocycles. The van der Waals surface area contributed by atoms with Crippen LogP contribution in [0.15, 0.2) is 48.6 Å². The number of rotatable bonds is 7. The number of halogens is 2. The lowest BCUT2D eigenvalue weighted by Crippen LogP contribution is -2.38. The molecule has 0 radical (unpaired) electrons. The van der Waals surface area contributed by atoms with Gasteiger partial charge in [0, 0.05) is 44.9 Å². The van der Waals surface area contributed by atoms with E-state index in [9.17, 15) is 11.0 Å². The number of aromatic nitrogens is 2. The van der Waals surface area contributed by atoms with Crippen LogP contribution in [0.1, 0.15) is 54.9 Å². The van der Waals surface area contributed by atoms with Crippen LogP contribution in [0.3, 0.4) is 0 Å². The fourth-order valence-corrected chi connectivity index (χ4v) is 4.04. The van der Waals surface area contributed by atoms with Gasteiger partial charge in [0.2, 0.25) is 5.95 Å². The minimum atomic E-state index is -1.89. The lowest BCUT2D eigenvalue weighted by Gasteiger charge is -2.23. The molecular weight excluding hydrogens is 479 g/mol. The van der Waals surface area contributed by atoms with Crippen LogP contribution in [-0.4, -0.2) is 27.5 Å². The summed E-state index contributed by atoms with van der Waals surface area (Å²) in [6, 6.07) is 6.69. The summed E-state index contributed by atoms with van der Waals surface area (Å²) in [6.07, 6.45) is 6.50. The number of nitriles is 1. The molecule has 0 amide bonds. The zero-order chi connectivity index (χ0) is 28.2. The van der Waals surface area contributed by atoms with Crippen molar-refractivity contribution in [3.63, 3.8) is 0 Å². The minimum Gasteiger partial charge on any atom is -0.383 e. The molecule has 0 spiro atoms. The van der Waals surface area contributed by atoms with Crippen LogP contribution in [-0.2, 0) is 0 Å². The Balaban J connectivity index is 1.63. The Labute approximate surface area is 218 Å². The smallest absolute Gasteiger partial charge is 0.212 e. The highest BCUT2D eigenvalue weighted by Crippen LogP contribution is 2.36. The number of nitrogens with one attached hydrogen (secondary N) is 4. The monoisotopic (exact) mass is 509 g/mol. The Kier molecular flexibility index (Phi) is 5.40. The Bertz CT molecular complexity index is 1500. The first kappa shape index (κ1) is 20.6. The van der Waals surface area contributed by atoms with Crippen molar-refractivity contribution in [3.8, 4) is 6.07 Å².